The van der Waals surface area contributed by atoms with Crippen molar-refractivity contribution in [3.63, 3.8) is 0 Å². The Bertz CT molecular complexity index is 2190. The van der Waals surface area contributed by atoms with Crippen LogP contribution in [0.1, 0.15) is 52.8 Å². The SMILES string of the molecule is O=C1CCC(N2C(=O)c3cccc(NCCC(=O)N4CCC(Oc5cccc(-c6onc7ccc(-c8nn[nH]n8)cc67)c5)CC4)c3C2=O)C(=O)N1. The van der Waals surface area contributed by atoms with E-state index in [1.54, 1.807) is 17.0 Å². The molecule has 2 saturated heterocycles. The van der Waals surface area contributed by atoms with E-state index in [0.717, 1.165) is 21.4 Å². The van der Waals surface area contributed by atoms with Crippen molar-refractivity contribution in [1.29, 1.82) is 0 Å². The van der Waals surface area contributed by atoms with Gasteiger partial charge >= 0.3 is 0 Å². The number of fused-ring (bicyclic) bond motifs is 2. The maximum Gasteiger partial charge on any atom is 0.264 e. The van der Waals surface area contributed by atoms with E-state index in [0.29, 0.717) is 54.5 Å². The number of hydrogen-bond donors (Lipinski definition) is 3. The number of carbonyl (C=O) groups excluding carboxylic acids is 5. The predicted octanol–water partition coefficient (Wildman–Crippen LogP) is 2.95. The van der Waals surface area contributed by atoms with Gasteiger partial charge in [0.1, 0.15) is 23.4 Å². The number of imide groups is 2. The summed E-state index contributed by atoms with van der Waals surface area (Å²) in [5, 5.41) is 24.5. The molecule has 0 radical (unpaired) electrons. The van der Waals surface area contributed by atoms with Gasteiger partial charge in [0.15, 0.2) is 5.76 Å². The topological polar surface area (TPSA) is 206 Å². The average molecular weight is 690 g/mol. The van der Waals surface area contributed by atoms with E-state index >= 15 is 0 Å². The molecule has 8 rings (SSSR count). The number of anilines is 1. The molecule has 2 fully saturated rings. The van der Waals surface area contributed by atoms with E-state index in [2.05, 4.69) is 36.4 Å². The van der Waals surface area contributed by atoms with Gasteiger partial charge in [0.2, 0.25) is 23.5 Å². The number of aromatic amines is 1. The molecule has 3 aliphatic heterocycles. The number of ether oxygens (including phenoxy) is 1. The molecule has 3 N–H and O–H groups in total. The first kappa shape index (κ1) is 31.8. The highest BCUT2D eigenvalue weighted by molar-refractivity contribution is 6.25. The summed E-state index contributed by atoms with van der Waals surface area (Å²) >= 11 is 0. The maximum atomic E-state index is 13.3. The van der Waals surface area contributed by atoms with Gasteiger partial charge in [-0.2, -0.15) is 5.21 Å². The lowest BCUT2D eigenvalue weighted by atomic mass is 10.0. The number of benzene rings is 3. The Morgan fingerprint density at radius 1 is 0.961 bits per heavy atom. The van der Waals surface area contributed by atoms with Crippen LogP contribution < -0.4 is 15.4 Å². The maximum absolute atomic E-state index is 13.3. The van der Waals surface area contributed by atoms with Gasteiger partial charge in [-0.15, -0.1) is 10.2 Å². The number of nitrogens with zero attached hydrogens (tertiary/aromatic N) is 6. The van der Waals surface area contributed by atoms with Gasteiger partial charge in [0.25, 0.3) is 11.8 Å². The van der Waals surface area contributed by atoms with Crippen molar-refractivity contribution in [2.24, 2.45) is 0 Å². The molecular formula is C35H31N9O7. The number of tetrazole rings is 1. The van der Waals surface area contributed by atoms with Crippen LogP contribution >= 0.6 is 0 Å². The molecule has 5 amide bonds. The molecule has 16 nitrogen and oxygen atoms in total. The van der Waals surface area contributed by atoms with E-state index in [1.165, 1.54) is 6.07 Å². The van der Waals surface area contributed by atoms with E-state index in [1.807, 2.05) is 42.5 Å². The van der Waals surface area contributed by atoms with Crippen LogP contribution in [-0.2, 0) is 14.4 Å². The zero-order valence-electron chi connectivity index (χ0n) is 27.1. The summed E-state index contributed by atoms with van der Waals surface area (Å²) in [5.41, 5.74) is 3.03. The van der Waals surface area contributed by atoms with Gasteiger partial charge in [-0.3, -0.25) is 34.2 Å². The number of rotatable bonds is 9. The number of carbonyl (C=O) groups is 5. The van der Waals surface area contributed by atoms with Crippen molar-refractivity contribution in [3.8, 4) is 28.5 Å². The third-order valence-corrected chi connectivity index (χ3v) is 9.40. The van der Waals surface area contributed by atoms with Gasteiger partial charge in [-0.1, -0.05) is 23.4 Å². The highest BCUT2D eigenvalue weighted by Crippen LogP contribution is 2.34. The molecule has 3 aromatic carbocycles. The highest BCUT2D eigenvalue weighted by atomic mass is 16.5. The van der Waals surface area contributed by atoms with Crippen LogP contribution in [0.4, 0.5) is 5.69 Å². The van der Waals surface area contributed by atoms with Crippen LogP contribution in [0.2, 0.25) is 0 Å². The highest BCUT2D eigenvalue weighted by Gasteiger charge is 2.45. The summed E-state index contributed by atoms with van der Waals surface area (Å²) in [6, 6.07) is 17.0. The molecule has 1 unspecified atom stereocenters. The summed E-state index contributed by atoms with van der Waals surface area (Å²) in [6.45, 7) is 1.30. The van der Waals surface area contributed by atoms with Crippen molar-refractivity contribution < 1.29 is 33.2 Å². The van der Waals surface area contributed by atoms with Crippen LogP contribution in [0, 0.1) is 0 Å². The predicted molar refractivity (Wildman–Crippen MR) is 179 cm³/mol. The van der Waals surface area contributed by atoms with E-state index < -0.39 is 29.7 Å². The Hall–Kier alpha value is -6.45. The van der Waals surface area contributed by atoms with Crippen molar-refractivity contribution in [2.75, 3.05) is 25.0 Å². The van der Waals surface area contributed by atoms with Crippen molar-refractivity contribution >= 4 is 46.1 Å². The molecule has 5 aromatic rings. The Kier molecular flexibility index (Phi) is 8.17. The monoisotopic (exact) mass is 689 g/mol. The van der Waals surface area contributed by atoms with Crippen LogP contribution in [-0.4, -0.2) is 96.9 Å². The standard InChI is InChI=1S/C35H31N9O7/c45-28-10-9-27(33(47)37-28)44-34(48)23-5-2-6-26(30(23)35(44)49)36-14-11-29(46)43-15-12-21(13-16-43)50-22-4-1-3-19(17-22)31-24-18-20(32-38-41-42-39-32)7-8-25(24)40-51-31/h1-8,17-18,21,27,36H,9-16H2,(H,37,45,47)(H,38,39,41,42). The van der Waals surface area contributed by atoms with E-state index in [-0.39, 0.29) is 48.9 Å². The lowest BCUT2D eigenvalue weighted by molar-refractivity contribution is -0.136. The lowest BCUT2D eigenvalue weighted by Gasteiger charge is -2.32. The van der Waals surface area contributed by atoms with E-state index in [4.69, 9.17) is 9.26 Å². The van der Waals surface area contributed by atoms with E-state index in [9.17, 15) is 24.0 Å². The fourth-order valence-corrected chi connectivity index (χ4v) is 6.82. The Balaban J connectivity index is 0.850. The first-order chi connectivity index (χ1) is 24.8. The molecule has 3 aliphatic rings. The number of amides is 5. The summed E-state index contributed by atoms with van der Waals surface area (Å²) in [4.78, 5) is 66.3. The summed E-state index contributed by atoms with van der Waals surface area (Å²) in [7, 11) is 0. The molecule has 1 atom stereocenters. The molecule has 0 spiro atoms. The first-order valence-corrected chi connectivity index (χ1v) is 16.6. The summed E-state index contributed by atoms with van der Waals surface area (Å²) < 4.78 is 12.0. The first-order valence-electron chi connectivity index (χ1n) is 16.6. The van der Waals surface area contributed by atoms with Crippen LogP contribution in [0.15, 0.2) is 65.2 Å². The molecule has 258 valence electrons. The number of aromatic nitrogens is 5. The largest absolute Gasteiger partial charge is 0.490 e. The minimum Gasteiger partial charge on any atom is -0.490 e. The normalized spacial score (nSPS) is 17.9. The van der Waals surface area contributed by atoms with Crippen LogP contribution in [0.5, 0.6) is 5.75 Å². The van der Waals surface area contributed by atoms with Crippen LogP contribution in [0.3, 0.4) is 0 Å². The zero-order chi connectivity index (χ0) is 35.1. The van der Waals surface area contributed by atoms with Crippen molar-refractivity contribution in [1.82, 2.24) is 40.9 Å². The Morgan fingerprint density at radius 2 is 1.80 bits per heavy atom. The average Bonchev–Trinajstić information content (AvgIpc) is 3.88. The van der Waals surface area contributed by atoms with Gasteiger partial charge in [0.05, 0.1) is 16.5 Å². The Labute approximate surface area is 289 Å². The Morgan fingerprint density at radius 3 is 2.61 bits per heavy atom. The zero-order valence-corrected chi connectivity index (χ0v) is 27.1. The quantitative estimate of drug-likeness (QED) is 0.191. The fourth-order valence-electron chi connectivity index (χ4n) is 6.82. The lowest BCUT2D eigenvalue weighted by Crippen LogP contribution is -2.54. The molecule has 2 aromatic heterocycles. The van der Waals surface area contributed by atoms with Gasteiger partial charge < -0.3 is 19.5 Å². The number of nitrogens with one attached hydrogen (secondary N) is 3. The third-order valence-electron chi connectivity index (χ3n) is 9.40. The smallest absolute Gasteiger partial charge is 0.264 e. The molecular weight excluding hydrogens is 658 g/mol. The minimum absolute atomic E-state index is 0.0412. The second-order valence-corrected chi connectivity index (χ2v) is 12.6. The molecule has 0 bridgehead atoms. The molecule has 5 heterocycles. The van der Waals surface area contributed by atoms with Crippen molar-refractivity contribution in [2.45, 2.75) is 44.2 Å². The molecule has 0 aliphatic carbocycles. The molecule has 0 saturated carbocycles. The summed E-state index contributed by atoms with van der Waals surface area (Å²) in [6.07, 6.45) is 1.52. The number of H-pyrrole nitrogens is 1. The van der Waals surface area contributed by atoms with Crippen LogP contribution in [0.25, 0.3) is 33.6 Å². The second-order valence-electron chi connectivity index (χ2n) is 12.6. The second kappa shape index (κ2) is 13.1. The molecule has 51 heavy (non-hydrogen) atoms. The summed E-state index contributed by atoms with van der Waals surface area (Å²) in [5.74, 6) is -0.578. The minimum atomic E-state index is -1.05. The third kappa shape index (κ3) is 6.04. The fraction of sp³-hybridized carbons (Fsp3) is 0.286. The number of likely N-dealkylation sites (tertiary alicyclic amines) is 1. The van der Waals surface area contributed by atoms with Gasteiger partial charge in [0, 0.05) is 62.1 Å². The van der Waals surface area contributed by atoms with Crippen molar-refractivity contribution in [3.05, 3.63) is 71.8 Å². The number of piperidine rings is 2. The molecule has 16 heteroatoms. The number of hydrogen-bond acceptors (Lipinski definition) is 12. The van der Waals surface area contributed by atoms with Gasteiger partial charge in [-0.05, 0) is 54.1 Å². The van der Waals surface area contributed by atoms with Gasteiger partial charge in [-0.25, -0.2) is 0 Å².